The topological polar surface area (TPSA) is 26.3 Å². The van der Waals surface area contributed by atoms with E-state index in [9.17, 15) is 4.79 Å². The molecule has 18 heavy (non-hydrogen) atoms. The van der Waals surface area contributed by atoms with Crippen LogP contribution in [0.3, 0.4) is 0 Å². The number of aldehydes is 1. The van der Waals surface area contributed by atoms with E-state index in [-0.39, 0.29) is 0 Å². The standard InChI is InChI=1S/C15H13ClO2/c1-10-7-12(4-6-15(10)18-2)13-5-3-11(9-17)8-14(13)16/h3-9H,1-2H3. The largest absolute Gasteiger partial charge is 0.496 e. The van der Waals surface area contributed by atoms with Crippen molar-refractivity contribution in [3.8, 4) is 16.9 Å². The van der Waals surface area contributed by atoms with E-state index in [1.165, 1.54) is 0 Å². The Kier molecular flexibility index (Phi) is 3.68. The summed E-state index contributed by atoms with van der Waals surface area (Å²) < 4.78 is 5.22. The molecule has 0 aromatic heterocycles. The summed E-state index contributed by atoms with van der Waals surface area (Å²) in [6.07, 6.45) is 0.787. The van der Waals surface area contributed by atoms with E-state index >= 15 is 0 Å². The van der Waals surface area contributed by atoms with Gasteiger partial charge in [0, 0.05) is 16.1 Å². The lowest BCUT2D eigenvalue weighted by atomic mass is 10.0. The van der Waals surface area contributed by atoms with Gasteiger partial charge in [0.05, 0.1) is 7.11 Å². The molecule has 0 spiro atoms. The van der Waals surface area contributed by atoms with Gasteiger partial charge in [-0.3, -0.25) is 4.79 Å². The molecule has 0 aliphatic rings. The quantitative estimate of drug-likeness (QED) is 0.776. The van der Waals surface area contributed by atoms with Crippen LogP contribution in [-0.2, 0) is 0 Å². The van der Waals surface area contributed by atoms with E-state index in [0.717, 1.165) is 28.7 Å². The maximum atomic E-state index is 10.7. The van der Waals surface area contributed by atoms with Crippen LogP contribution in [0.1, 0.15) is 15.9 Å². The Balaban J connectivity index is 2.48. The van der Waals surface area contributed by atoms with Crippen molar-refractivity contribution in [2.24, 2.45) is 0 Å². The van der Waals surface area contributed by atoms with Gasteiger partial charge in [0.1, 0.15) is 12.0 Å². The van der Waals surface area contributed by atoms with E-state index in [1.807, 2.05) is 31.2 Å². The highest BCUT2D eigenvalue weighted by Gasteiger charge is 2.06. The Bertz CT molecular complexity index is 591. The number of hydrogen-bond acceptors (Lipinski definition) is 2. The van der Waals surface area contributed by atoms with Crippen LogP contribution in [0.4, 0.5) is 0 Å². The second-order valence-electron chi connectivity index (χ2n) is 4.04. The maximum Gasteiger partial charge on any atom is 0.150 e. The molecule has 0 bridgehead atoms. The summed E-state index contributed by atoms with van der Waals surface area (Å²) >= 11 is 6.18. The average molecular weight is 261 g/mol. The van der Waals surface area contributed by atoms with E-state index in [4.69, 9.17) is 16.3 Å². The van der Waals surface area contributed by atoms with E-state index < -0.39 is 0 Å². The first-order valence-electron chi connectivity index (χ1n) is 5.55. The Morgan fingerprint density at radius 2 is 1.94 bits per heavy atom. The minimum absolute atomic E-state index is 0.573. The molecule has 2 aromatic rings. The average Bonchev–Trinajstić information content (AvgIpc) is 2.38. The van der Waals surface area contributed by atoms with Crippen molar-refractivity contribution in [2.45, 2.75) is 6.92 Å². The number of ether oxygens (including phenoxy) is 1. The Labute approximate surface area is 111 Å². The zero-order chi connectivity index (χ0) is 13.1. The van der Waals surface area contributed by atoms with E-state index in [0.29, 0.717) is 10.6 Å². The number of halogens is 1. The molecule has 92 valence electrons. The molecule has 0 saturated carbocycles. The lowest BCUT2D eigenvalue weighted by molar-refractivity contribution is 0.112. The van der Waals surface area contributed by atoms with Crippen LogP contribution in [0.2, 0.25) is 5.02 Å². The molecular formula is C15H13ClO2. The number of carbonyl (C=O) groups is 1. The van der Waals surface area contributed by atoms with Crippen LogP contribution in [0.25, 0.3) is 11.1 Å². The minimum Gasteiger partial charge on any atom is -0.496 e. The molecule has 3 heteroatoms. The number of benzene rings is 2. The molecule has 0 N–H and O–H groups in total. The zero-order valence-electron chi connectivity index (χ0n) is 10.2. The Morgan fingerprint density at radius 1 is 1.17 bits per heavy atom. The molecule has 2 rings (SSSR count). The first kappa shape index (κ1) is 12.7. The van der Waals surface area contributed by atoms with Crippen molar-refractivity contribution >= 4 is 17.9 Å². The Hall–Kier alpha value is -1.80. The van der Waals surface area contributed by atoms with Gasteiger partial charge < -0.3 is 4.74 Å². The highest BCUT2D eigenvalue weighted by Crippen LogP contribution is 2.31. The van der Waals surface area contributed by atoms with Gasteiger partial charge in [-0.1, -0.05) is 29.8 Å². The van der Waals surface area contributed by atoms with Crippen molar-refractivity contribution in [1.29, 1.82) is 0 Å². The number of hydrogen-bond donors (Lipinski definition) is 0. The van der Waals surface area contributed by atoms with Crippen LogP contribution in [0.15, 0.2) is 36.4 Å². The molecule has 0 radical (unpaired) electrons. The van der Waals surface area contributed by atoms with Gasteiger partial charge in [-0.15, -0.1) is 0 Å². The highest BCUT2D eigenvalue weighted by molar-refractivity contribution is 6.33. The SMILES string of the molecule is COc1ccc(-c2ccc(C=O)cc2Cl)cc1C. The fourth-order valence-electron chi connectivity index (χ4n) is 1.88. The van der Waals surface area contributed by atoms with Gasteiger partial charge in [0.15, 0.2) is 0 Å². The van der Waals surface area contributed by atoms with Crippen molar-refractivity contribution in [1.82, 2.24) is 0 Å². The second kappa shape index (κ2) is 5.23. The lowest BCUT2D eigenvalue weighted by Crippen LogP contribution is -1.89. The first-order chi connectivity index (χ1) is 8.65. The lowest BCUT2D eigenvalue weighted by Gasteiger charge is -2.09. The second-order valence-corrected chi connectivity index (χ2v) is 4.45. The summed E-state index contributed by atoms with van der Waals surface area (Å²) in [6.45, 7) is 1.98. The van der Waals surface area contributed by atoms with Crippen molar-refractivity contribution in [2.75, 3.05) is 7.11 Å². The van der Waals surface area contributed by atoms with Crippen LogP contribution in [0.5, 0.6) is 5.75 Å². The third-order valence-electron chi connectivity index (χ3n) is 2.84. The molecule has 0 aliphatic carbocycles. The molecular weight excluding hydrogens is 248 g/mol. The number of methoxy groups -OCH3 is 1. The van der Waals surface area contributed by atoms with E-state index in [2.05, 4.69) is 0 Å². The zero-order valence-corrected chi connectivity index (χ0v) is 11.0. The first-order valence-corrected chi connectivity index (χ1v) is 5.93. The number of rotatable bonds is 3. The van der Waals surface area contributed by atoms with Crippen molar-refractivity contribution in [3.63, 3.8) is 0 Å². The fourth-order valence-corrected chi connectivity index (χ4v) is 2.18. The third kappa shape index (κ3) is 2.39. The molecule has 0 amide bonds. The van der Waals surface area contributed by atoms with E-state index in [1.54, 1.807) is 19.2 Å². The summed E-state index contributed by atoms with van der Waals surface area (Å²) in [4.78, 5) is 10.7. The number of carbonyl (C=O) groups excluding carboxylic acids is 1. The Morgan fingerprint density at radius 3 is 2.50 bits per heavy atom. The summed E-state index contributed by atoms with van der Waals surface area (Å²) in [7, 11) is 1.65. The molecule has 2 aromatic carbocycles. The molecule has 0 fully saturated rings. The van der Waals surface area contributed by atoms with Crippen LogP contribution >= 0.6 is 11.6 Å². The van der Waals surface area contributed by atoms with Gasteiger partial charge in [-0.05, 0) is 36.2 Å². The van der Waals surface area contributed by atoms with Crippen molar-refractivity contribution in [3.05, 3.63) is 52.5 Å². The molecule has 0 heterocycles. The number of aryl methyl sites for hydroxylation is 1. The van der Waals surface area contributed by atoms with Gasteiger partial charge in [-0.25, -0.2) is 0 Å². The normalized spacial score (nSPS) is 10.2. The third-order valence-corrected chi connectivity index (χ3v) is 3.15. The fraction of sp³-hybridized carbons (Fsp3) is 0.133. The van der Waals surface area contributed by atoms with Crippen molar-refractivity contribution < 1.29 is 9.53 Å². The smallest absolute Gasteiger partial charge is 0.150 e. The predicted octanol–water partition coefficient (Wildman–Crippen LogP) is 4.14. The molecule has 0 aliphatic heterocycles. The van der Waals surface area contributed by atoms with Crippen LogP contribution < -0.4 is 4.74 Å². The molecule has 2 nitrogen and oxygen atoms in total. The summed E-state index contributed by atoms with van der Waals surface area (Å²) in [5.74, 6) is 0.847. The monoisotopic (exact) mass is 260 g/mol. The molecule has 0 unspecified atom stereocenters. The minimum atomic E-state index is 0.573. The summed E-state index contributed by atoms with van der Waals surface area (Å²) in [6, 6.07) is 11.2. The predicted molar refractivity (Wildman–Crippen MR) is 73.6 cm³/mol. The van der Waals surface area contributed by atoms with Gasteiger partial charge in [0.2, 0.25) is 0 Å². The van der Waals surface area contributed by atoms with Gasteiger partial charge >= 0.3 is 0 Å². The van der Waals surface area contributed by atoms with Crippen LogP contribution in [-0.4, -0.2) is 13.4 Å². The highest BCUT2D eigenvalue weighted by atomic mass is 35.5. The van der Waals surface area contributed by atoms with Crippen LogP contribution in [0, 0.1) is 6.92 Å². The maximum absolute atomic E-state index is 10.7. The summed E-state index contributed by atoms with van der Waals surface area (Å²) in [5, 5.41) is 0.573. The molecule has 0 saturated heterocycles. The van der Waals surface area contributed by atoms with Gasteiger partial charge in [-0.2, -0.15) is 0 Å². The molecule has 0 atom stereocenters. The van der Waals surface area contributed by atoms with Gasteiger partial charge in [0.25, 0.3) is 0 Å². The summed E-state index contributed by atoms with van der Waals surface area (Å²) in [5.41, 5.74) is 3.54.